The van der Waals surface area contributed by atoms with E-state index in [1.807, 2.05) is 7.05 Å². The first-order valence-corrected chi connectivity index (χ1v) is 6.96. The van der Waals surface area contributed by atoms with Crippen LogP contribution in [0.25, 0.3) is 0 Å². The zero-order chi connectivity index (χ0) is 14.7. The number of carbonyl (C=O) groups is 1. The van der Waals surface area contributed by atoms with Crippen LogP contribution in [0, 0.1) is 0 Å². The van der Waals surface area contributed by atoms with E-state index in [4.69, 9.17) is 17.3 Å². The zero-order valence-corrected chi connectivity index (χ0v) is 12.2. The van der Waals surface area contributed by atoms with E-state index < -0.39 is 11.9 Å². The van der Waals surface area contributed by atoms with Crippen LogP contribution in [-0.4, -0.2) is 30.6 Å². The summed E-state index contributed by atoms with van der Waals surface area (Å²) in [4.78, 5) is 11.4. The Labute approximate surface area is 116 Å². The van der Waals surface area contributed by atoms with Gasteiger partial charge in [-0.2, -0.15) is 0 Å². The molecule has 0 saturated heterocycles. The molecular weight excluding hydrogens is 242 g/mol. The van der Waals surface area contributed by atoms with Crippen molar-refractivity contribution in [2.45, 2.75) is 51.5 Å². The van der Waals surface area contributed by atoms with Crippen LogP contribution in [0.1, 0.15) is 45.4 Å². The molecule has 19 heavy (non-hydrogen) atoms. The number of nitrogens with two attached hydrogens (primary N) is 3. The maximum Gasteiger partial charge on any atom is 0.241 e. The highest BCUT2D eigenvalue weighted by atomic mass is 16.1. The van der Waals surface area contributed by atoms with Gasteiger partial charge in [-0.15, -0.1) is 0 Å². The quantitative estimate of drug-likeness (QED) is 0.247. The summed E-state index contributed by atoms with van der Waals surface area (Å²) in [6.07, 6.45) is 7.03. The highest BCUT2D eigenvalue weighted by Crippen LogP contribution is 2.08. The molecule has 0 aliphatic rings. The molecule has 0 aliphatic heterocycles. The Morgan fingerprint density at radius 1 is 1.32 bits per heavy atom. The largest absolute Gasteiger partial charge is 0.401 e. The maximum absolute atomic E-state index is 11.4. The summed E-state index contributed by atoms with van der Waals surface area (Å²) >= 11 is 0. The minimum atomic E-state index is -0.489. The Morgan fingerprint density at radius 2 is 2.00 bits per heavy atom. The molecule has 0 radical (unpaired) electrons. The maximum atomic E-state index is 11.4. The van der Waals surface area contributed by atoms with Crippen molar-refractivity contribution in [1.29, 1.82) is 0 Å². The van der Waals surface area contributed by atoms with Crippen LogP contribution in [0.3, 0.4) is 0 Å². The smallest absolute Gasteiger partial charge is 0.241 e. The molecular formula is C13H29N5O. The Hall–Kier alpha value is -1.27. The topological polar surface area (TPSA) is 110 Å². The number of carbonyl (C=O) groups excluding carboxylic acids is 1. The lowest BCUT2D eigenvalue weighted by molar-refractivity contribution is -0.122. The van der Waals surface area contributed by atoms with Crippen molar-refractivity contribution in [2.75, 3.05) is 13.6 Å². The Morgan fingerprint density at radius 3 is 2.53 bits per heavy atom. The summed E-state index contributed by atoms with van der Waals surface area (Å²) in [6, 6.07) is -0.489. The van der Waals surface area contributed by atoms with Crippen molar-refractivity contribution < 1.29 is 4.79 Å². The van der Waals surface area contributed by atoms with E-state index in [9.17, 15) is 4.79 Å². The fraction of sp³-hybridized carbons (Fsp3) is 0.769. The van der Waals surface area contributed by atoms with Gasteiger partial charge in [-0.05, 0) is 45.7 Å². The molecule has 0 fully saturated rings. The summed E-state index contributed by atoms with van der Waals surface area (Å²) in [6.45, 7) is 3.02. The molecule has 112 valence electrons. The molecule has 0 aromatic heterocycles. The number of allylic oxidation sites excluding steroid dienone is 1. The van der Waals surface area contributed by atoms with Crippen molar-refractivity contribution in [1.82, 2.24) is 10.3 Å². The third-order valence-electron chi connectivity index (χ3n) is 2.98. The monoisotopic (exact) mass is 271 g/mol. The van der Waals surface area contributed by atoms with Gasteiger partial charge >= 0.3 is 0 Å². The molecule has 7 N–H and O–H groups in total. The Kier molecular flexibility index (Phi) is 9.92. The van der Waals surface area contributed by atoms with Gasteiger partial charge in [-0.25, -0.2) is 5.84 Å². The van der Waals surface area contributed by atoms with E-state index in [1.54, 1.807) is 6.20 Å². The predicted octanol–water partition coefficient (Wildman–Crippen LogP) is 0.396. The molecule has 1 atom stereocenters. The van der Waals surface area contributed by atoms with Crippen LogP contribution >= 0.6 is 0 Å². The van der Waals surface area contributed by atoms with Crippen molar-refractivity contribution in [3.05, 3.63) is 11.9 Å². The lowest BCUT2D eigenvalue weighted by atomic mass is 10.1. The van der Waals surface area contributed by atoms with Crippen LogP contribution in [0.15, 0.2) is 11.9 Å². The highest BCUT2D eigenvalue weighted by Gasteiger charge is 2.19. The van der Waals surface area contributed by atoms with Gasteiger partial charge in [0.2, 0.25) is 5.91 Å². The number of amides is 1. The number of primary amides is 1. The first-order chi connectivity index (χ1) is 9.02. The van der Waals surface area contributed by atoms with Gasteiger partial charge in [0.15, 0.2) is 0 Å². The molecule has 0 heterocycles. The molecule has 1 unspecified atom stereocenters. The van der Waals surface area contributed by atoms with Crippen molar-refractivity contribution in [3.63, 3.8) is 0 Å². The third kappa shape index (κ3) is 8.45. The van der Waals surface area contributed by atoms with E-state index in [0.29, 0.717) is 12.1 Å². The molecule has 0 rings (SSSR count). The van der Waals surface area contributed by atoms with E-state index in [-0.39, 0.29) is 0 Å². The van der Waals surface area contributed by atoms with Gasteiger partial charge in [0.25, 0.3) is 0 Å². The summed E-state index contributed by atoms with van der Waals surface area (Å²) in [5, 5.41) is 4.42. The number of rotatable bonds is 11. The Balaban J connectivity index is 4.31. The van der Waals surface area contributed by atoms with Gasteiger partial charge in [-0.3, -0.25) is 4.79 Å². The van der Waals surface area contributed by atoms with E-state index in [0.717, 1.165) is 38.6 Å². The lowest BCUT2D eigenvalue weighted by Gasteiger charge is -2.24. The molecule has 0 aromatic rings. The number of hydrazine groups is 1. The second-order valence-corrected chi connectivity index (χ2v) is 4.77. The highest BCUT2D eigenvalue weighted by molar-refractivity contribution is 5.79. The van der Waals surface area contributed by atoms with Crippen LogP contribution in [0.4, 0.5) is 0 Å². The summed E-state index contributed by atoms with van der Waals surface area (Å²) < 4.78 is 0. The van der Waals surface area contributed by atoms with E-state index >= 15 is 0 Å². The zero-order valence-electron chi connectivity index (χ0n) is 12.2. The first-order valence-electron chi connectivity index (χ1n) is 6.96. The number of nitrogens with one attached hydrogen (secondary N) is 1. The molecule has 0 aromatic carbocycles. The van der Waals surface area contributed by atoms with Gasteiger partial charge in [0.05, 0.1) is 0 Å². The molecule has 1 amide bonds. The number of nitrogens with zero attached hydrogens (tertiary/aromatic N) is 1. The molecule has 6 heteroatoms. The summed E-state index contributed by atoms with van der Waals surface area (Å²) in [7, 11) is 1.90. The van der Waals surface area contributed by atoms with Gasteiger partial charge < -0.3 is 21.8 Å². The molecule has 0 bridgehead atoms. The van der Waals surface area contributed by atoms with Crippen LogP contribution in [-0.2, 0) is 4.79 Å². The van der Waals surface area contributed by atoms with Gasteiger partial charge in [0.1, 0.15) is 6.04 Å². The number of hydrogen-bond donors (Lipinski definition) is 4. The SMILES string of the molecule is CCCC/C(N)=C/N(N)C(CCCCNC)C(N)=O. The molecule has 0 aliphatic carbocycles. The minimum Gasteiger partial charge on any atom is -0.401 e. The van der Waals surface area contributed by atoms with Crippen molar-refractivity contribution in [2.24, 2.45) is 17.3 Å². The van der Waals surface area contributed by atoms with Crippen LogP contribution in [0.2, 0.25) is 0 Å². The van der Waals surface area contributed by atoms with Gasteiger partial charge in [-0.1, -0.05) is 13.3 Å². The number of unbranched alkanes of at least 4 members (excludes halogenated alkanes) is 2. The normalized spacial score (nSPS) is 13.3. The predicted molar refractivity (Wildman–Crippen MR) is 78.6 cm³/mol. The third-order valence-corrected chi connectivity index (χ3v) is 2.98. The van der Waals surface area contributed by atoms with Crippen molar-refractivity contribution in [3.8, 4) is 0 Å². The summed E-state index contributed by atoms with van der Waals surface area (Å²) in [5.74, 6) is 5.46. The molecule has 6 nitrogen and oxygen atoms in total. The molecule has 0 saturated carbocycles. The fourth-order valence-corrected chi connectivity index (χ4v) is 1.80. The average Bonchev–Trinajstić information content (AvgIpc) is 2.35. The lowest BCUT2D eigenvalue weighted by Crippen LogP contribution is -2.46. The first kappa shape index (κ1) is 17.7. The van der Waals surface area contributed by atoms with Crippen molar-refractivity contribution >= 4 is 5.91 Å². The number of hydrogen-bond acceptors (Lipinski definition) is 5. The van der Waals surface area contributed by atoms with E-state index in [1.165, 1.54) is 5.01 Å². The second kappa shape index (κ2) is 10.6. The Bertz CT molecular complexity index is 280. The van der Waals surface area contributed by atoms with E-state index in [2.05, 4.69) is 12.2 Å². The summed E-state index contributed by atoms with van der Waals surface area (Å²) in [5.41, 5.74) is 11.9. The minimum absolute atomic E-state index is 0.411. The van der Waals surface area contributed by atoms with Crippen LogP contribution < -0.4 is 22.6 Å². The average molecular weight is 271 g/mol. The fourth-order valence-electron chi connectivity index (χ4n) is 1.80. The molecule has 0 spiro atoms. The van der Waals surface area contributed by atoms with Crippen LogP contribution in [0.5, 0.6) is 0 Å². The van der Waals surface area contributed by atoms with Gasteiger partial charge in [0, 0.05) is 11.9 Å². The standard InChI is InChI=1S/C13H29N5O/c1-3-4-7-11(14)10-18(16)12(13(15)19)8-5-6-9-17-2/h10,12,17H,3-9,14,16H2,1-2H3,(H2,15,19)/b11-10-. The second-order valence-electron chi connectivity index (χ2n) is 4.77.